The second-order valence-corrected chi connectivity index (χ2v) is 9.03. The smallest absolute Gasteiger partial charge is 0.234 e. The Kier molecular flexibility index (Phi) is 4.83. The number of carbonyl (C=O) groups excluding carboxylic acids is 1. The highest BCUT2D eigenvalue weighted by atomic mass is 32.2. The number of fused-ring (bicyclic) bond motifs is 1. The zero-order chi connectivity index (χ0) is 15.7. The van der Waals surface area contributed by atoms with E-state index in [0.29, 0.717) is 5.75 Å². The van der Waals surface area contributed by atoms with Crippen LogP contribution in [0.15, 0.2) is 10.3 Å². The second-order valence-electron chi connectivity index (χ2n) is 6.70. The molecule has 22 heavy (non-hydrogen) atoms. The van der Waals surface area contributed by atoms with Crippen LogP contribution in [0.4, 0.5) is 5.69 Å². The number of thioether (sulfide) groups is 1. The molecule has 0 bridgehead atoms. The van der Waals surface area contributed by atoms with Crippen molar-refractivity contribution in [1.29, 1.82) is 0 Å². The van der Waals surface area contributed by atoms with Crippen LogP contribution in [0.25, 0.3) is 0 Å². The van der Waals surface area contributed by atoms with Gasteiger partial charge >= 0.3 is 0 Å². The molecule has 122 valence electrons. The van der Waals surface area contributed by atoms with Crippen LogP contribution in [0.1, 0.15) is 50.4 Å². The number of hydrogen-bond acceptors (Lipinski definition) is 5. The van der Waals surface area contributed by atoms with Crippen LogP contribution in [0, 0.1) is 5.41 Å². The Balaban J connectivity index is 1.62. The van der Waals surface area contributed by atoms with E-state index in [1.54, 1.807) is 23.1 Å². The first kappa shape index (κ1) is 16.3. The van der Waals surface area contributed by atoms with Crippen LogP contribution in [-0.4, -0.2) is 29.4 Å². The van der Waals surface area contributed by atoms with Gasteiger partial charge in [-0.3, -0.25) is 4.79 Å². The number of amides is 1. The molecule has 0 spiro atoms. The number of rotatable bonds is 4. The van der Waals surface area contributed by atoms with Crippen molar-refractivity contribution in [2.24, 2.45) is 5.41 Å². The van der Waals surface area contributed by atoms with Gasteiger partial charge in [0.15, 0.2) is 0 Å². The third-order valence-electron chi connectivity index (χ3n) is 4.84. The summed E-state index contributed by atoms with van der Waals surface area (Å²) in [6, 6.07) is 2.32. The summed E-state index contributed by atoms with van der Waals surface area (Å²) in [6.07, 6.45) is 4.15. The molecule has 4 nitrogen and oxygen atoms in total. The van der Waals surface area contributed by atoms with Crippen LogP contribution in [0.3, 0.4) is 0 Å². The van der Waals surface area contributed by atoms with E-state index < -0.39 is 0 Å². The monoisotopic (exact) mass is 340 g/mol. The zero-order valence-electron chi connectivity index (χ0n) is 13.1. The normalized spacial score (nSPS) is 29.8. The molecule has 1 fully saturated rings. The van der Waals surface area contributed by atoms with E-state index in [-0.39, 0.29) is 23.5 Å². The highest BCUT2D eigenvalue weighted by molar-refractivity contribution is 8.02. The molecular formula is C16H24N2O2S2. The van der Waals surface area contributed by atoms with E-state index >= 15 is 0 Å². The van der Waals surface area contributed by atoms with Crippen molar-refractivity contribution in [1.82, 2.24) is 5.32 Å². The summed E-state index contributed by atoms with van der Waals surface area (Å²) >= 11 is 3.37. The average molecular weight is 341 g/mol. The van der Waals surface area contributed by atoms with Gasteiger partial charge in [0.1, 0.15) is 0 Å². The summed E-state index contributed by atoms with van der Waals surface area (Å²) in [5.41, 5.74) is 0.936. The van der Waals surface area contributed by atoms with Crippen molar-refractivity contribution < 1.29 is 9.90 Å². The lowest BCUT2D eigenvalue weighted by Crippen LogP contribution is -2.44. The molecule has 3 unspecified atom stereocenters. The molecule has 0 radical (unpaired) electrons. The lowest BCUT2D eigenvalue weighted by atomic mass is 9.73. The van der Waals surface area contributed by atoms with Crippen molar-refractivity contribution in [3.8, 4) is 0 Å². The number of anilines is 1. The minimum absolute atomic E-state index is 0.0215. The fourth-order valence-corrected chi connectivity index (χ4v) is 5.36. The Morgan fingerprint density at radius 3 is 3.14 bits per heavy atom. The maximum atomic E-state index is 11.4. The molecule has 3 N–H and O–H groups in total. The molecule has 1 aliphatic carbocycles. The van der Waals surface area contributed by atoms with E-state index in [1.807, 2.05) is 0 Å². The van der Waals surface area contributed by atoms with Gasteiger partial charge in [-0.2, -0.15) is 0 Å². The number of carbonyl (C=O) groups is 1. The standard InChI is InChI=1S/C16H24N2O2S2/c1-10(17-9-16(2)6-4-3-5-13(16)19)12-7-11-15(22-12)21-8-14(20)18-11/h7,10,13,17,19H,3-6,8-9H2,1-2H3,(H,18,20). The number of aliphatic hydroxyl groups is 1. The molecule has 1 saturated carbocycles. The van der Waals surface area contributed by atoms with E-state index in [9.17, 15) is 9.90 Å². The minimum Gasteiger partial charge on any atom is -0.393 e. The predicted molar refractivity (Wildman–Crippen MR) is 92.7 cm³/mol. The Bertz CT molecular complexity index is 560. The lowest BCUT2D eigenvalue weighted by Gasteiger charge is -2.39. The van der Waals surface area contributed by atoms with Gasteiger partial charge in [0.05, 0.1) is 21.8 Å². The van der Waals surface area contributed by atoms with Gasteiger partial charge in [0, 0.05) is 22.9 Å². The molecule has 3 rings (SSSR count). The van der Waals surface area contributed by atoms with Crippen molar-refractivity contribution >= 4 is 34.7 Å². The van der Waals surface area contributed by atoms with Crippen molar-refractivity contribution in [2.75, 3.05) is 17.6 Å². The largest absolute Gasteiger partial charge is 0.393 e. The fraction of sp³-hybridized carbons (Fsp3) is 0.688. The van der Waals surface area contributed by atoms with E-state index in [0.717, 1.165) is 31.5 Å². The van der Waals surface area contributed by atoms with Gasteiger partial charge in [-0.05, 0) is 25.8 Å². The van der Waals surface area contributed by atoms with E-state index in [1.165, 1.54) is 15.5 Å². The first-order valence-electron chi connectivity index (χ1n) is 7.96. The summed E-state index contributed by atoms with van der Waals surface area (Å²) in [7, 11) is 0. The topological polar surface area (TPSA) is 61.4 Å². The first-order chi connectivity index (χ1) is 10.5. The maximum absolute atomic E-state index is 11.4. The third kappa shape index (κ3) is 3.35. The van der Waals surface area contributed by atoms with E-state index in [4.69, 9.17) is 0 Å². The highest BCUT2D eigenvalue weighted by Gasteiger charge is 2.35. The third-order valence-corrected chi connectivity index (χ3v) is 7.45. The van der Waals surface area contributed by atoms with Gasteiger partial charge < -0.3 is 15.7 Å². The average Bonchev–Trinajstić information content (AvgIpc) is 2.91. The number of nitrogens with one attached hydrogen (secondary N) is 2. The SMILES string of the molecule is CC(NCC1(C)CCCCC1O)c1cc2c(s1)SCC(=O)N2. The molecule has 1 aromatic rings. The Morgan fingerprint density at radius 1 is 1.55 bits per heavy atom. The predicted octanol–water partition coefficient (Wildman–Crippen LogP) is 3.38. The lowest BCUT2D eigenvalue weighted by molar-refractivity contribution is -0.113. The molecule has 2 aliphatic rings. The van der Waals surface area contributed by atoms with Crippen LogP contribution < -0.4 is 10.6 Å². The Labute approximate surface area is 140 Å². The van der Waals surface area contributed by atoms with Gasteiger partial charge in [-0.25, -0.2) is 0 Å². The number of thiophene rings is 1. The molecule has 1 amide bonds. The fourth-order valence-electron chi connectivity index (χ4n) is 3.19. The van der Waals surface area contributed by atoms with Crippen molar-refractivity contribution in [3.05, 3.63) is 10.9 Å². The Morgan fingerprint density at radius 2 is 2.36 bits per heavy atom. The van der Waals surface area contributed by atoms with Gasteiger partial charge in [0.25, 0.3) is 0 Å². The van der Waals surface area contributed by atoms with Crippen LogP contribution in [-0.2, 0) is 4.79 Å². The van der Waals surface area contributed by atoms with E-state index in [2.05, 4.69) is 30.5 Å². The summed E-state index contributed by atoms with van der Waals surface area (Å²) in [5.74, 6) is 0.597. The number of aliphatic hydroxyl groups excluding tert-OH is 1. The van der Waals surface area contributed by atoms with Crippen molar-refractivity contribution in [3.63, 3.8) is 0 Å². The van der Waals surface area contributed by atoms with Gasteiger partial charge in [0.2, 0.25) is 5.91 Å². The number of hydrogen-bond donors (Lipinski definition) is 3. The molecule has 1 aliphatic heterocycles. The zero-order valence-corrected chi connectivity index (χ0v) is 14.8. The summed E-state index contributed by atoms with van der Waals surface area (Å²) in [4.78, 5) is 12.7. The van der Waals surface area contributed by atoms with Crippen LogP contribution >= 0.6 is 23.1 Å². The molecule has 0 aromatic carbocycles. The summed E-state index contributed by atoms with van der Waals surface area (Å²) < 4.78 is 1.20. The molecule has 1 aromatic heterocycles. The van der Waals surface area contributed by atoms with Crippen LogP contribution in [0.5, 0.6) is 0 Å². The Hall–Kier alpha value is -0.560. The summed E-state index contributed by atoms with van der Waals surface area (Å²) in [6.45, 7) is 5.17. The molecule has 3 atom stereocenters. The molecule has 2 heterocycles. The molecule has 0 saturated heterocycles. The van der Waals surface area contributed by atoms with Gasteiger partial charge in [-0.15, -0.1) is 23.1 Å². The van der Waals surface area contributed by atoms with Crippen molar-refractivity contribution in [2.45, 2.75) is 55.9 Å². The molecular weight excluding hydrogens is 316 g/mol. The van der Waals surface area contributed by atoms with Gasteiger partial charge in [-0.1, -0.05) is 19.8 Å². The first-order valence-corrected chi connectivity index (χ1v) is 9.76. The summed E-state index contributed by atoms with van der Waals surface area (Å²) in [5, 5.41) is 16.8. The maximum Gasteiger partial charge on any atom is 0.234 e. The second kappa shape index (κ2) is 6.51. The van der Waals surface area contributed by atoms with Crippen LogP contribution in [0.2, 0.25) is 0 Å². The quantitative estimate of drug-likeness (QED) is 0.786. The molecule has 6 heteroatoms. The minimum atomic E-state index is -0.202. The highest BCUT2D eigenvalue weighted by Crippen LogP contribution is 2.41.